The van der Waals surface area contributed by atoms with Crippen LogP contribution in [-0.2, 0) is 6.42 Å². The maximum atomic E-state index is 11.6. The van der Waals surface area contributed by atoms with E-state index in [1.54, 1.807) is 18.3 Å². The van der Waals surface area contributed by atoms with Crippen LogP contribution >= 0.6 is 0 Å². The summed E-state index contributed by atoms with van der Waals surface area (Å²) in [6.07, 6.45) is 2.49. The van der Waals surface area contributed by atoms with E-state index >= 15 is 0 Å². The highest BCUT2D eigenvalue weighted by molar-refractivity contribution is 5.93. The minimum Gasteiger partial charge on any atom is -0.287 e. The summed E-state index contributed by atoms with van der Waals surface area (Å²) in [5.74, 6) is -0.124. The Labute approximate surface area is 90.1 Å². The molecule has 0 aliphatic carbocycles. The van der Waals surface area contributed by atoms with Gasteiger partial charge in [0.05, 0.1) is 0 Å². The van der Waals surface area contributed by atoms with Gasteiger partial charge in [-0.2, -0.15) is 0 Å². The van der Waals surface area contributed by atoms with Crippen molar-refractivity contribution >= 4 is 5.91 Å². The van der Waals surface area contributed by atoms with E-state index in [1.165, 1.54) is 0 Å². The lowest BCUT2D eigenvalue weighted by atomic mass is 10.2. The van der Waals surface area contributed by atoms with Crippen LogP contribution in [0.1, 0.15) is 36.8 Å². The molecule has 0 aliphatic rings. The predicted molar refractivity (Wildman–Crippen MR) is 59.4 cm³/mol. The second kappa shape index (κ2) is 5.46. The molecule has 0 saturated heterocycles. The second-order valence-electron chi connectivity index (χ2n) is 3.64. The number of aryl methyl sites for hydroxylation is 1. The number of nitrogens with one attached hydrogen (secondary N) is 2. The van der Waals surface area contributed by atoms with E-state index in [0.29, 0.717) is 5.56 Å². The standard InChI is InChI=1S/C11H17N3O/c1-4-10-7-9(5-6-12-10)11(15)14-13-8(2)3/h5-8,13H,4H2,1-3H3,(H,14,15). The first-order valence-corrected chi connectivity index (χ1v) is 5.14. The van der Waals surface area contributed by atoms with Gasteiger partial charge in [0.1, 0.15) is 0 Å². The fraction of sp³-hybridized carbons (Fsp3) is 0.455. The van der Waals surface area contributed by atoms with Gasteiger partial charge in [0, 0.05) is 23.5 Å². The van der Waals surface area contributed by atoms with E-state index < -0.39 is 0 Å². The van der Waals surface area contributed by atoms with Crippen molar-refractivity contribution in [1.82, 2.24) is 15.8 Å². The molecule has 1 heterocycles. The maximum Gasteiger partial charge on any atom is 0.265 e. The molecule has 0 fully saturated rings. The van der Waals surface area contributed by atoms with Gasteiger partial charge in [-0.3, -0.25) is 15.2 Å². The molecule has 0 spiro atoms. The van der Waals surface area contributed by atoms with Crippen LogP contribution < -0.4 is 10.9 Å². The number of aromatic nitrogens is 1. The van der Waals surface area contributed by atoms with Gasteiger partial charge in [0.2, 0.25) is 0 Å². The third kappa shape index (κ3) is 3.67. The Bertz CT molecular complexity index is 336. The fourth-order valence-electron chi connectivity index (χ4n) is 1.09. The zero-order valence-electron chi connectivity index (χ0n) is 9.37. The quantitative estimate of drug-likeness (QED) is 0.731. The molecule has 0 aromatic carbocycles. The first-order valence-electron chi connectivity index (χ1n) is 5.14. The molecule has 1 rings (SSSR count). The lowest BCUT2D eigenvalue weighted by Gasteiger charge is -2.10. The number of hydrogen-bond acceptors (Lipinski definition) is 3. The molecule has 0 unspecified atom stereocenters. The largest absolute Gasteiger partial charge is 0.287 e. The Hall–Kier alpha value is -1.42. The molecule has 0 radical (unpaired) electrons. The smallest absolute Gasteiger partial charge is 0.265 e. The van der Waals surface area contributed by atoms with Crippen molar-refractivity contribution in [1.29, 1.82) is 0 Å². The zero-order valence-corrected chi connectivity index (χ0v) is 9.37. The van der Waals surface area contributed by atoms with E-state index in [9.17, 15) is 4.79 Å². The van der Waals surface area contributed by atoms with Crippen molar-refractivity contribution in [3.63, 3.8) is 0 Å². The number of amides is 1. The summed E-state index contributed by atoms with van der Waals surface area (Å²) >= 11 is 0. The van der Waals surface area contributed by atoms with Gasteiger partial charge in [-0.05, 0) is 32.4 Å². The van der Waals surface area contributed by atoms with E-state index in [-0.39, 0.29) is 11.9 Å². The number of carbonyl (C=O) groups is 1. The van der Waals surface area contributed by atoms with Crippen molar-refractivity contribution in [3.05, 3.63) is 29.6 Å². The van der Waals surface area contributed by atoms with Crippen molar-refractivity contribution in [2.24, 2.45) is 0 Å². The van der Waals surface area contributed by atoms with Gasteiger partial charge in [-0.15, -0.1) is 0 Å². The maximum absolute atomic E-state index is 11.6. The Morgan fingerprint density at radius 1 is 1.53 bits per heavy atom. The first-order chi connectivity index (χ1) is 7.13. The van der Waals surface area contributed by atoms with Crippen LogP contribution in [0.4, 0.5) is 0 Å². The van der Waals surface area contributed by atoms with Crippen LogP contribution in [0.5, 0.6) is 0 Å². The summed E-state index contributed by atoms with van der Waals surface area (Å²) in [5, 5.41) is 0. The van der Waals surface area contributed by atoms with Crippen molar-refractivity contribution in [2.75, 3.05) is 0 Å². The molecule has 0 bridgehead atoms. The number of rotatable bonds is 4. The number of hydrazine groups is 1. The summed E-state index contributed by atoms with van der Waals surface area (Å²) in [4.78, 5) is 15.8. The highest BCUT2D eigenvalue weighted by Crippen LogP contribution is 2.01. The molecule has 4 heteroatoms. The summed E-state index contributed by atoms with van der Waals surface area (Å²) in [6, 6.07) is 3.73. The van der Waals surface area contributed by atoms with E-state index in [2.05, 4.69) is 15.8 Å². The molecule has 1 aromatic heterocycles. The molecular weight excluding hydrogens is 190 g/mol. The summed E-state index contributed by atoms with van der Waals surface area (Å²) in [7, 11) is 0. The van der Waals surface area contributed by atoms with Gasteiger partial charge in [-0.1, -0.05) is 6.92 Å². The van der Waals surface area contributed by atoms with Crippen LogP contribution in [0.25, 0.3) is 0 Å². The van der Waals surface area contributed by atoms with Gasteiger partial charge in [0.25, 0.3) is 5.91 Å². The van der Waals surface area contributed by atoms with Crippen LogP contribution in [0.2, 0.25) is 0 Å². The van der Waals surface area contributed by atoms with Crippen molar-refractivity contribution in [2.45, 2.75) is 33.2 Å². The molecule has 0 aliphatic heterocycles. The average molecular weight is 207 g/mol. The lowest BCUT2D eigenvalue weighted by Crippen LogP contribution is -2.41. The molecule has 4 nitrogen and oxygen atoms in total. The van der Waals surface area contributed by atoms with E-state index in [1.807, 2.05) is 20.8 Å². The van der Waals surface area contributed by atoms with Gasteiger partial charge in [0.15, 0.2) is 0 Å². The molecule has 1 aromatic rings. The Kier molecular flexibility index (Phi) is 4.24. The van der Waals surface area contributed by atoms with Crippen molar-refractivity contribution in [3.8, 4) is 0 Å². The highest BCUT2D eigenvalue weighted by Gasteiger charge is 2.05. The SMILES string of the molecule is CCc1cc(C(=O)NNC(C)C)ccn1. The minimum absolute atomic E-state index is 0.124. The summed E-state index contributed by atoms with van der Waals surface area (Å²) in [5.41, 5.74) is 7.05. The van der Waals surface area contributed by atoms with E-state index in [0.717, 1.165) is 12.1 Å². The van der Waals surface area contributed by atoms with E-state index in [4.69, 9.17) is 0 Å². The van der Waals surface area contributed by atoms with Crippen LogP contribution in [0.3, 0.4) is 0 Å². The Morgan fingerprint density at radius 3 is 2.87 bits per heavy atom. The fourth-order valence-corrected chi connectivity index (χ4v) is 1.09. The third-order valence-corrected chi connectivity index (χ3v) is 1.92. The topological polar surface area (TPSA) is 54.0 Å². The van der Waals surface area contributed by atoms with Crippen LogP contribution in [-0.4, -0.2) is 16.9 Å². The highest BCUT2D eigenvalue weighted by atomic mass is 16.2. The molecule has 1 amide bonds. The molecule has 82 valence electrons. The zero-order chi connectivity index (χ0) is 11.3. The summed E-state index contributed by atoms with van der Waals surface area (Å²) < 4.78 is 0. The van der Waals surface area contributed by atoms with Crippen LogP contribution in [0, 0.1) is 0 Å². The first kappa shape index (κ1) is 11.7. The molecule has 15 heavy (non-hydrogen) atoms. The van der Waals surface area contributed by atoms with Gasteiger partial charge in [-0.25, -0.2) is 5.43 Å². The lowest BCUT2D eigenvalue weighted by molar-refractivity contribution is 0.0927. The second-order valence-corrected chi connectivity index (χ2v) is 3.64. The monoisotopic (exact) mass is 207 g/mol. The third-order valence-electron chi connectivity index (χ3n) is 1.92. The average Bonchev–Trinajstić information content (AvgIpc) is 2.26. The normalized spacial score (nSPS) is 10.4. The van der Waals surface area contributed by atoms with Crippen LogP contribution in [0.15, 0.2) is 18.3 Å². The molecular formula is C11H17N3O. The number of nitrogens with zero attached hydrogens (tertiary/aromatic N) is 1. The number of carbonyl (C=O) groups excluding carboxylic acids is 1. The van der Waals surface area contributed by atoms with Gasteiger partial charge >= 0.3 is 0 Å². The molecule has 2 N–H and O–H groups in total. The van der Waals surface area contributed by atoms with Crippen molar-refractivity contribution < 1.29 is 4.79 Å². The molecule has 0 atom stereocenters. The summed E-state index contributed by atoms with van der Waals surface area (Å²) in [6.45, 7) is 5.94. The molecule has 0 saturated carbocycles. The number of hydrogen-bond donors (Lipinski definition) is 2. The Morgan fingerprint density at radius 2 is 2.27 bits per heavy atom. The Balaban J connectivity index is 2.65. The number of pyridine rings is 1. The minimum atomic E-state index is -0.124. The predicted octanol–water partition coefficient (Wildman–Crippen LogP) is 1.29. The van der Waals surface area contributed by atoms with Gasteiger partial charge < -0.3 is 0 Å².